The van der Waals surface area contributed by atoms with E-state index in [2.05, 4.69) is 10.3 Å². The SMILES string of the molecule is CN(C)C=NC(=S)c1c(Nc2ccccc2)ccc([N+](=O)[O-])c1C=Cc1ccccc1. The molecule has 31 heavy (non-hydrogen) atoms. The van der Waals surface area contributed by atoms with Crippen LogP contribution in [0.5, 0.6) is 0 Å². The van der Waals surface area contributed by atoms with E-state index in [0.717, 1.165) is 11.3 Å². The fourth-order valence-electron chi connectivity index (χ4n) is 2.92. The fourth-order valence-corrected chi connectivity index (χ4v) is 3.19. The maximum Gasteiger partial charge on any atom is 0.277 e. The second-order valence-electron chi connectivity index (χ2n) is 6.93. The Hall–Kier alpha value is -3.84. The van der Waals surface area contributed by atoms with Gasteiger partial charge in [0, 0.05) is 37.1 Å². The van der Waals surface area contributed by atoms with E-state index in [1.807, 2.05) is 80.8 Å². The Kier molecular flexibility index (Phi) is 7.24. The molecule has 3 aromatic carbocycles. The molecule has 0 amide bonds. The van der Waals surface area contributed by atoms with Crippen LogP contribution in [0.25, 0.3) is 12.2 Å². The number of anilines is 2. The number of para-hydroxylation sites is 1. The van der Waals surface area contributed by atoms with E-state index in [9.17, 15) is 10.1 Å². The first-order valence-corrected chi connectivity index (χ1v) is 9.98. The maximum atomic E-state index is 11.8. The smallest absolute Gasteiger partial charge is 0.277 e. The average molecular weight is 431 g/mol. The van der Waals surface area contributed by atoms with Gasteiger partial charge in [-0.2, -0.15) is 0 Å². The summed E-state index contributed by atoms with van der Waals surface area (Å²) in [6, 6.07) is 22.3. The van der Waals surface area contributed by atoms with Crippen LogP contribution in [-0.2, 0) is 0 Å². The van der Waals surface area contributed by atoms with E-state index in [4.69, 9.17) is 12.2 Å². The fraction of sp³-hybridized carbons (Fsp3) is 0.0833. The Morgan fingerprint density at radius 3 is 2.26 bits per heavy atom. The van der Waals surface area contributed by atoms with Gasteiger partial charge in [-0.05, 0) is 29.8 Å². The van der Waals surface area contributed by atoms with Crippen LogP contribution in [0.2, 0.25) is 0 Å². The summed E-state index contributed by atoms with van der Waals surface area (Å²) in [7, 11) is 3.66. The highest BCUT2D eigenvalue weighted by Gasteiger charge is 2.22. The molecular weight excluding hydrogens is 408 g/mol. The van der Waals surface area contributed by atoms with Gasteiger partial charge in [0.05, 0.1) is 16.8 Å². The molecule has 0 heterocycles. The number of benzene rings is 3. The topological polar surface area (TPSA) is 70.8 Å². The van der Waals surface area contributed by atoms with Gasteiger partial charge in [0.15, 0.2) is 0 Å². The van der Waals surface area contributed by atoms with E-state index in [1.54, 1.807) is 23.4 Å². The maximum absolute atomic E-state index is 11.8. The van der Waals surface area contributed by atoms with Gasteiger partial charge in [-0.15, -0.1) is 0 Å². The normalized spacial score (nSPS) is 11.0. The molecule has 0 aliphatic heterocycles. The van der Waals surface area contributed by atoms with Crippen molar-refractivity contribution in [1.29, 1.82) is 0 Å². The molecule has 0 unspecified atom stereocenters. The molecule has 3 rings (SSSR count). The minimum Gasteiger partial charge on any atom is -0.369 e. The first kappa shape index (κ1) is 21.9. The van der Waals surface area contributed by atoms with E-state index in [-0.39, 0.29) is 10.7 Å². The number of nitro benzene ring substituents is 1. The molecular formula is C24H22N4O2S. The number of nitrogens with zero attached hydrogens (tertiary/aromatic N) is 3. The molecule has 0 saturated heterocycles. The van der Waals surface area contributed by atoms with Crippen molar-refractivity contribution in [3.8, 4) is 0 Å². The Morgan fingerprint density at radius 1 is 1.00 bits per heavy atom. The first-order chi connectivity index (χ1) is 15.0. The summed E-state index contributed by atoms with van der Waals surface area (Å²) in [6.45, 7) is 0. The van der Waals surface area contributed by atoms with E-state index in [1.165, 1.54) is 6.07 Å². The molecule has 0 aromatic heterocycles. The van der Waals surface area contributed by atoms with Gasteiger partial charge in [0.1, 0.15) is 4.99 Å². The summed E-state index contributed by atoms with van der Waals surface area (Å²) in [5, 5.41) is 15.1. The highest BCUT2D eigenvalue weighted by molar-refractivity contribution is 7.80. The zero-order valence-electron chi connectivity index (χ0n) is 17.2. The summed E-state index contributed by atoms with van der Waals surface area (Å²) in [5.41, 5.74) is 3.27. The second kappa shape index (κ2) is 10.3. The van der Waals surface area contributed by atoms with Crippen LogP contribution in [0.4, 0.5) is 17.1 Å². The zero-order valence-corrected chi connectivity index (χ0v) is 18.0. The van der Waals surface area contributed by atoms with Crippen LogP contribution in [0.15, 0.2) is 77.8 Å². The number of nitrogens with one attached hydrogen (secondary N) is 1. The van der Waals surface area contributed by atoms with Crippen LogP contribution in [0, 0.1) is 10.1 Å². The summed E-state index contributed by atoms with van der Waals surface area (Å²) in [4.78, 5) is 17.8. The lowest BCUT2D eigenvalue weighted by Crippen LogP contribution is -2.11. The van der Waals surface area contributed by atoms with Gasteiger partial charge < -0.3 is 10.2 Å². The van der Waals surface area contributed by atoms with Gasteiger partial charge in [-0.1, -0.05) is 66.8 Å². The van der Waals surface area contributed by atoms with Crippen LogP contribution in [0.1, 0.15) is 16.7 Å². The van der Waals surface area contributed by atoms with E-state index >= 15 is 0 Å². The summed E-state index contributed by atoms with van der Waals surface area (Å²) >= 11 is 5.59. The molecule has 1 N–H and O–H groups in total. The lowest BCUT2D eigenvalue weighted by Gasteiger charge is -2.15. The summed E-state index contributed by atoms with van der Waals surface area (Å²) in [6.07, 6.45) is 5.13. The molecule has 7 heteroatoms. The van der Waals surface area contributed by atoms with Gasteiger partial charge in [-0.3, -0.25) is 10.1 Å². The van der Waals surface area contributed by atoms with Crippen molar-refractivity contribution in [3.05, 3.63) is 99.6 Å². The van der Waals surface area contributed by atoms with E-state index < -0.39 is 4.92 Å². The lowest BCUT2D eigenvalue weighted by atomic mass is 10.0. The number of hydrogen-bond acceptors (Lipinski definition) is 4. The third-order valence-corrected chi connectivity index (χ3v) is 4.64. The van der Waals surface area contributed by atoms with Gasteiger partial charge >= 0.3 is 0 Å². The quantitative estimate of drug-likeness (QED) is 0.129. The Bertz CT molecular complexity index is 1130. The van der Waals surface area contributed by atoms with Crippen molar-refractivity contribution < 1.29 is 4.92 Å². The molecule has 0 bridgehead atoms. The summed E-state index contributed by atoms with van der Waals surface area (Å²) < 4.78 is 0. The molecule has 0 spiro atoms. The highest BCUT2D eigenvalue weighted by atomic mass is 32.1. The third kappa shape index (κ3) is 5.83. The van der Waals surface area contributed by atoms with Crippen molar-refractivity contribution in [3.63, 3.8) is 0 Å². The Labute approximate surface area is 186 Å². The van der Waals surface area contributed by atoms with Crippen molar-refractivity contribution in [1.82, 2.24) is 4.90 Å². The Balaban J connectivity index is 2.18. The number of thiocarbonyl (C=S) groups is 1. The first-order valence-electron chi connectivity index (χ1n) is 9.57. The lowest BCUT2D eigenvalue weighted by molar-refractivity contribution is -0.385. The molecule has 0 radical (unpaired) electrons. The minimum absolute atomic E-state index is 0.0387. The molecule has 6 nitrogen and oxygen atoms in total. The standard InChI is InChI=1S/C24H22N4O2S/c1-27(2)17-25-24(31)23-20(14-13-18-9-5-3-6-10-18)22(28(29)30)16-15-21(23)26-19-11-7-4-8-12-19/h3-17,26H,1-2H3. The molecule has 0 fully saturated rings. The van der Waals surface area contributed by atoms with Crippen molar-refractivity contribution in [2.24, 2.45) is 4.99 Å². The minimum atomic E-state index is -0.404. The van der Waals surface area contributed by atoms with Crippen LogP contribution in [0.3, 0.4) is 0 Å². The third-order valence-electron chi connectivity index (χ3n) is 4.33. The largest absolute Gasteiger partial charge is 0.369 e. The number of hydrogen-bond donors (Lipinski definition) is 1. The molecule has 0 atom stereocenters. The van der Waals surface area contributed by atoms with Crippen LogP contribution < -0.4 is 5.32 Å². The van der Waals surface area contributed by atoms with Crippen molar-refractivity contribution in [2.75, 3.05) is 19.4 Å². The predicted octanol–water partition coefficient (Wildman–Crippen LogP) is 5.77. The Morgan fingerprint density at radius 2 is 1.65 bits per heavy atom. The molecule has 0 aliphatic carbocycles. The van der Waals surface area contributed by atoms with E-state index in [0.29, 0.717) is 16.8 Å². The molecule has 156 valence electrons. The van der Waals surface area contributed by atoms with Gasteiger partial charge in [0.25, 0.3) is 5.69 Å². The average Bonchev–Trinajstić information content (AvgIpc) is 2.77. The summed E-state index contributed by atoms with van der Waals surface area (Å²) in [5.74, 6) is 0. The molecule has 0 saturated carbocycles. The molecule has 3 aromatic rings. The predicted molar refractivity (Wildman–Crippen MR) is 132 cm³/mol. The highest BCUT2D eigenvalue weighted by Crippen LogP contribution is 2.33. The number of aliphatic imine (C=N–C) groups is 1. The molecule has 0 aliphatic rings. The van der Waals surface area contributed by atoms with Gasteiger partial charge in [0.2, 0.25) is 0 Å². The number of rotatable bonds is 7. The van der Waals surface area contributed by atoms with Crippen molar-refractivity contribution >= 4 is 52.8 Å². The number of nitro groups is 1. The van der Waals surface area contributed by atoms with Crippen LogP contribution >= 0.6 is 12.2 Å². The monoisotopic (exact) mass is 430 g/mol. The van der Waals surface area contributed by atoms with Gasteiger partial charge in [-0.25, -0.2) is 4.99 Å². The van der Waals surface area contributed by atoms with Crippen molar-refractivity contribution in [2.45, 2.75) is 0 Å². The zero-order chi connectivity index (χ0) is 22.2. The van der Waals surface area contributed by atoms with Crippen LogP contribution in [-0.4, -0.2) is 35.2 Å². The second-order valence-corrected chi connectivity index (χ2v) is 7.31.